The lowest BCUT2D eigenvalue weighted by atomic mass is 10.0. The fourth-order valence-electron chi connectivity index (χ4n) is 1.87. The molecule has 1 amide bonds. The van der Waals surface area contributed by atoms with Gasteiger partial charge in [0.05, 0.1) is 0 Å². The van der Waals surface area contributed by atoms with Gasteiger partial charge in [-0.05, 0) is 25.8 Å². The van der Waals surface area contributed by atoms with Gasteiger partial charge in [0, 0.05) is 25.6 Å². The Morgan fingerprint density at radius 3 is 2.33 bits per heavy atom. The van der Waals surface area contributed by atoms with Gasteiger partial charge < -0.3 is 10.6 Å². The van der Waals surface area contributed by atoms with E-state index in [1.165, 1.54) is 11.1 Å². The van der Waals surface area contributed by atoms with E-state index in [-0.39, 0.29) is 17.9 Å². The van der Waals surface area contributed by atoms with Crippen molar-refractivity contribution in [2.45, 2.75) is 33.2 Å². The topological polar surface area (TPSA) is 46.3 Å². The molecule has 0 fully saturated rings. The van der Waals surface area contributed by atoms with Crippen molar-refractivity contribution in [1.82, 2.24) is 4.90 Å². The minimum Gasteiger partial charge on any atom is -0.342 e. The Morgan fingerprint density at radius 2 is 1.83 bits per heavy atom. The molecule has 0 bridgehead atoms. The Bertz CT molecular complexity index is 386. The molecule has 0 aliphatic heterocycles. The second-order valence-corrected chi connectivity index (χ2v) is 5.12. The first-order chi connectivity index (χ1) is 8.45. The van der Waals surface area contributed by atoms with E-state index in [2.05, 4.69) is 38.1 Å². The maximum atomic E-state index is 12.0. The smallest absolute Gasteiger partial charge is 0.226 e. The molecular formula is C15H24N2O. The molecule has 0 aliphatic carbocycles. The van der Waals surface area contributed by atoms with Crippen LogP contribution in [0.2, 0.25) is 0 Å². The summed E-state index contributed by atoms with van der Waals surface area (Å²) in [4.78, 5) is 13.8. The first kappa shape index (κ1) is 14.7. The first-order valence-corrected chi connectivity index (χ1v) is 6.48. The van der Waals surface area contributed by atoms with Crippen molar-refractivity contribution >= 4 is 5.91 Å². The number of amides is 1. The van der Waals surface area contributed by atoms with Crippen LogP contribution in [0.4, 0.5) is 0 Å². The summed E-state index contributed by atoms with van der Waals surface area (Å²) < 4.78 is 0. The summed E-state index contributed by atoms with van der Waals surface area (Å²) in [7, 11) is 1.85. The number of nitrogens with zero attached hydrogens (tertiary/aromatic N) is 1. The van der Waals surface area contributed by atoms with Crippen LogP contribution in [-0.4, -0.2) is 30.4 Å². The Hall–Kier alpha value is -1.35. The van der Waals surface area contributed by atoms with Crippen LogP contribution in [-0.2, 0) is 11.2 Å². The van der Waals surface area contributed by atoms with Crippen molar-refractivity contribution in [1.29, 1.82) is 0 Å². The van der Waals surface area contributed by atoms with Crippen molar-refractivity contribution in [2.75, 3.05) is 13.6 Å². The molecule has 2 unspecified atom stereocenters. The summed E-state index contributed by atoms with van der Waals surface area (Å²) >= 11 is 0. The van der Waals surface area contributed by atoms with Crippen LogP contribution < -0.4 is 5.73 Å². The van der Waals surface area contributed by atoms with E-state index in [0.29, 0.717) is 6.54 Å². The van der Waals surface area contributed by atoms with Gasteiger partial charge in [-0.2, -0.15) is 0 Å². The van der Waals surface area contributed by atoms with Crippen LogP contribution in [0.15, 0.2) is 24.3 Å². The van der Waals surface area contributed by atoms with Gasteiger partial charge in [-0.25, -0.2) is 0 Å². The van der Waals surface area contributed by atoms with E-state index >= 15 is 0 Å². The predicted molar refractivity (Wildman–Crippen MR) is 75.3 cm³/mol. The maximum Gasteiger partial charge on any atom is 0.226 e. The fraction of sp³-hybridized carbons (Fsp3) is 0.533. The number of rotatable bonds is 5. The van der Waals surface area contributed by atoms with E-state index in [0.717, 1.165) is 6.42 Å². The summed E-state index contributed by atoms with van der Waals surface area (Å²) in [6, 6.07) is 8.64. The molecule has 1 rings (SSSR count). The van der Waals surface area contributed by atoms with Gasteiger partial charge in [0.2, 0.25) is 5.91 Å². The van der Waals surface area contributed by atoms with Crippen LogP contribution in [0.3, 0.4) is 0 Å². The van der Waals surface area contributed by atoms with Gasteiger partial charge >= 0.3 is 0 Å². The number of benzene rings is 1. The average Bonchev–Trinajstić information content (AvgIpc) is 2.38. The molecule has 3 nitrogen and oxygen atoms in total. The summed E-state index contributed by atoms with van der Waals surface area (Å²) in [6.45, 7) is 6.42. The lowest BCUT2D eigenvalue weighted by Gasteiger charge is -2.27. The third-order valence-corrected chi connectivity index (χ3v) is 3.44. The Kier molecular flexibility index (Phi) is 5.35. The zero-order valence-corrected chi connectivity index (χ0v) is 11.8. The van der Waals surface area contributed by atoms with E-state index in [1.54, 1.807) is 4.90 Å². The Morgan fingerprint density at radius 1 is 1.28 bits per heavy atom. The number of hydrogen-bond acceptors (Lipinski definition) is 2. The second-order valence-electron chi connectivity index (χ2n) is 5.12. The van der Waals surface area contributed by atoms with Crippen molar-refractivity contribution in [2.24, 2.45) is 11.7 Å². The van der Waals surface area contributed by atoms with E-state index in [1.807, 2.05) is 14.0 Å². The van der Waals surface area contributed by atoms with Gasteiger partial charge in [0.1, 0.15) is 0 Å². The summed E-state index contributed by atoms with van der Waals surface area (Å²) in [5, 5.41) is 0. The van der Waals surface area contributed by atoms with Crippen molar-refractivity contribution in [3.05, 3.63) is 35.4 Å². The van der Waals surface area contributed by atoms with Crippen LogP contribution in [0.25, 0.3) is 0 Å². The van der Waals surface area contributed by atoms with Crippen molar-refractivity contribution in [3.8, 4) is 0 Å². The third kappa shape index (κ3) is 3.84. The lowest BCUT2D eigenvalue weighted by Crippen LogP contribution is -2.41. The predicted octanol–water partition coefficient (Wildman–Crippen LogP) is 1.98. The Balaban J connectivity index is 2.62. The van der Waals surface area contributed by atoms with Crippen LogP contribution in [0, 0.1) is 12.8 Å². The van der Waals surface area contributed by atoms with Gasteiger partial charge in [-0.15, -0.1) is 0 Å². The monoisotopic (exact) mass is 248 g/mol. The molecule has 0 saturated heterocycles. The number of aryl methyl sites for hydroxylation is 1. The highest BCUT2D eigenvalue weighted by atomic mass is 16.2. The molecule has 3 heteroatoms. The molecule has 1 aromatic rings. The normalized spacial score (nSPS) is 14.1. The third-order valence-electron chi connectivity index (χ3n) is 3.44. The standard InChI is InChI=1S/C15H24N2O/c1-11-5-7-14(8-6-11)9-13(3)17(4)15(18)12(2)10-16/h5-8,12-13H,9-10,16H2,1-4H3. The highest BCUT2D eigenvalue weighted by molar-refractivity contribution is 5.78. The van der Waals surface area contributed by atoms with Gasteiger partial charge in [0.15, 0.2) is 0 Å². The SMILES string of the molecule is Cc1ccc(CC(C)N(C)C(=O)C(C)CN)cc1. The Labute approximate surface area is 110 Å². The van der Waals surface area contributed by atoms with Crippen molar-refractivity contribution < 1.29 is 4.79 Å². The molecule has 2 N–H and O–H groups in total. The molecular weight excluding hydrogens is 224 g/mol. The molecule has 0 saturated carbocycles. The van der Waals surface area contributed by atoms with E-state index in [4.69, 9.17) is 5.73 Å². The number of carbonyl (C=O) groups excluding carboxylic acids is 1. The van der Waals surface area contributed by atoms with Crippen LogP contribution >= 0.6 is 0 Å². The molecule has 0 radical (unpaired) electrons. The van der Waals surface area contributed by atoms with E-state index < -0.39 is 0 Å². The van der Waals surface area contributed by atoms with Gasteiger partial charge in [-0.1, -0.05) is 36.8 Å². The zero-order chi connectivity index (χ0) is 13.7. The summed E-state index contributed by atoms with van der Waals surface area (Å²) in [5.41, 5.74) is 8.05. The highest BCUT2D eigenvalue weighted by Gasteiger charge is 2.20. The van der Waals surface area contributed by atoms with Crippen LogP contribution in [0.1, 0.15) is 25.0 Å². The van der Waals surface area contributed by atoms with E-state index in [9.17, 15) is 4.79 Å². The minimum absolute atomic E-state index is 0.101. The van der Waals surface area contributed by atoms with Crippen LogP contribution in [0.5, 0.6) is 0 Å². The second kappa shape index (κ2) is 6.55. The molecule has 0 aliphatic rings. The number of nitrogens with two attached hydrogens (primary N) is 1. The number of hydrogen-bond donors (Lipinski definition) is 1. The molecule has 2 atom stereocenters. The fourth-order valence-corrected chi connectivity index (χ4v) is 1.87. The molecule has 0 aromatic heterocycles. The number of carbonyl (C=O) groups is 1. The maximum absolute atomic E-state index is 12.0. The first-order valence-electron chi connectivity index (χ1n) is 6.48. The summed E-state index contributed by atoms with van der Waals surface area (Å²) in [5.74, 6) is 0.0209. The minimum atomic E-state index is -0.101. The highest BCUT2D eigenvalue weighted by Crippen LogP contribution is 2.11. The molecule has 100 valence electrons. The quantitative estimate of drug-likeness (QED) is 0.866. The molecule has 1 aromatic carbocycles. The molecule has 0 spiro atoms. The number of likely N-dealkylation sites (N-methyl/N-ethyl adjacent to an activating group) is 1. The summed E-state index contributed by atoms with van der Waals surface area (Å²) in [6.07, 6.45) is 0.875. The molecule has 18 heavy (non-hydrogen) atoms. The molecule has 0 heterocycles. The van der Waals surface area contributed by atoms with Crippen molar-refractivity contribution in [3.63, 3.8) is 0 Å². The van der Waals surface area contributed by atoms with Gasteiger partial charge in [-0.3, -0.25) is 4.79 Å². The average molecular weight is 248 g/mol. The zero-order valence-electron chi connectivity index (χ0n) is 11.8. The van der Waals surface area contributed by atoms with Gasteiger partial charge in [0.25, 0.3) is 0 Å². The lowest BCUT2D eigenvalue weighted by molar-refractivity contribution is -0.135. The largest absolute Gasteiger partial charge is 0.342 e.